The molecule has 0 aromatic heterocycles. The summed E-state index contributed by atoms with van der Waals surface area (Å²) in [6, 6.07) is 7.00. The van der Waals surface area contributed by atoms with Crippen molar-refractivity contribution in [1.82, 2.24) is 5.32 Å². The van der Waals surface area contributed by atoms with Crippen LogP contribution in [0.2, 0.25) is 0 Å². The molecule has 0 saturated carbocycles. The van der Waals surface area contributed by atoms with Gasteiger partial charge in [-0.25, -0.2) is 0 Å². The summed E-state index contributed by atoms with van der Waals surface area (Å²) in [5.41, 5.74) is 0.650. The Morgan fingerprint density at radius 1 is 1.36 bits per heavy atom. The van der Waals surface area contributed by atoms with Gasteiger partial charge in [0.15, 0.2) is 5.78 Å². The average molecular weight is 191 g/mol. The molecule has 0 aliphatic heterocycles. The highest BCUT2D eigenvalue weighted by molar-refractivity contribution is 6.04. The molecule has 3 nitrogen and oxygen atoms in total. The summed E-state index contributed by atoms with van der Waals surface area (Å²) in [4.78, 5) is 11.4. The molecule has 0 atom stereocenters. The molecule has 3 heteroatoms. The van der Waals surface area contributed by atoms with Gasteiger partial charge in [-0.1, -0.05) is 0 Å². The second-order valence-corrected chi connectivity index (χ2v) is 2.71. The van der Waals surface area contributed by atoms with Crippen LogP contribution in [0.3, 0.4) is 0 Å². The van der Waals surface area contributed by atoms with Gasteiger partial charge in [0, 0.05) is 24.9 Å². The lowest BCUT2D eigenvalue weighted by Gasteiger charge is -1.99. The van der Waals surface area contributed by atoms with Gasteiger partial charge in [0.05, 0.1) is 7.11 Å². The highest BCUT2D eigenvalue weighted by Gasteiger charge is 2.00. The Morgan fingerprint density at radius 2 is 2.00 bits per heavy atom. The molecule has 1 N–H and O–H groups in total. The van der Waals surface area contributed by atoms with E-state index in [1.807, 2.05) is 0 Å². The van der Waals surface area contributed by atoms with Gasteiger partial charge >= 0.3 is 0 Å². The smallest absolute Gasteiger partial charge is 0.187 e. The topological polar surface area (TPSA) is 38.3 Å². The van der Waals surface area contributed by atoms with Gasteiger partial charge in [-0.2, -0.15) is 0 Å². The van der Waals surface area contributed by atoms with Crippen LogP contribution in [0.15, 0.2) is 36.5 Å². The average Bonchev–Trinajstić information content (AvgIpc) is 2.26. The summed E-state index contributed by atoms with van der Waals surface area (Å²) >= 11 is 0. The predicted octanol–water partition coefficient (Wildman–Crippen LogP) is 1.61. The van der Waals surface area contributed by atoms with Crippen LogP contribution in [0.4, 0.5) is 0 Å². The van der Waals surface area contributed by atoms with Crippen LogP contribution >= 0.6 is 0 Å². The maximum Gasteiger partial charge on any atom is 0.187 e. The molecule has 1 aromatic rings. The maximum atomic E-state index is 11.4. The van der Waals surface area contributed by atoms with Crippen molar-refractivity contribution in [3.05, 3.63) is 42.1 Å². The van der Waals surface area contributed by atoms with E-state index in [0.717, 1.165) is 5.75 Å². The highest BCUT2D eigenvalue weighted by Crippen LogP contribution is 2.11. The Hall–Kier alpha value is -1.77. The lowest BCUT2D eigenvalue weighted by Crippen LogP contribution is -1.98. The summed E-state index contributed by atoms with van der Waals surface area (Å²) in [5, 5.41) is 2.76. The lowest BCUT2D eigenvalue weighted by molar-refractivity contribution is 0.104. The Balaban J connectivity index is 2.76. The number of hydrogen-bond acceptors (Lipinski definition) is 3. The van der Waals surface area contributed by atoms with Crippen molar-refractivity contribution in [3.8, 4) is 5.75 Å². The molecule has 0 saturated heterocycles. The fraction of sp³-hybridized carbons (Fsp3) is 0.182. The van der Waals surface area contributed by atoms with E-state index in [4.69, 9.17) is 4.74 Å². The minimum absolute atomic E-state index is 0.0259. The van der Waals surface area contributed by atoms with Gasteiger partial charge in [-0.05, 0) is 24.3 Å². The van der Waals surface area contributed by atoms with E-state index in [1.165, 1.54) is 6.08 Å². The minimum atomic E-state index is -0.0259. The van der Waals surface area contributed by atoms with E-state index < -0.39 is 0 Å². The molecule has 0 spiro atoms. The molecule has 0 aliphatic carbocycles. The Labute approximate surface area is 83.4 Å². The van der Waals surface area contributed by atoms with E-state index in [-0.39, 0.29) is 5.78 Å². The van der Waals surface area contributed by atoms with Crippen LogP contribution in [-0.4, -0.2) is 19.9 Å². The van der Waals surface area contributed by atoms with Gasteiger partial charge in [-0.3, -0.25) is 4.79 Å². The summed E-state index contributed by atoms with van der Waals surface area (Å²) in [6.07, 6.45) is 3.09. The Bertz CT molecular complexity index is 328. The molecule has 0 aliphatic rings. The predicted molar refractivity (Wildman–Crippen MR) is 55.5 cm³/mol. The number of carbonyl (C=O) groups excluding carboxylic acids is 1. The number of ether oxygens (including phenoxy) is 1. The van der Waals surface area contributed by atoms with Crippen molar-refractivity contribution in [2.75, 3.05) is 14.2 Å². The first-order chi connectivity index (χ1) is 6.77. The monoisotopic (exact) mass is 191 g/mol. The number of ketones is 1. The summed E-state index contributed by atoms with van der Waals surface area (Å²) in [6.45, 7) is 0. The number of rotatable bonds is 4. The SMILES string of the molecule is CN/C=C\C(=O)c1ccc(OC)cc1. The van der Waals surface area contributed by atoms with Crippen molar-refractivity contribution in [2.45, 2.75) is 0 Å². The molecule has 0 heterocycles. The number of allylic oxidation sites excluding steroid dienone is 1. The normalized spacial score (nSPS) is 10.1. The van der Waals surface area contributed by atoms with Crippen LogP contribution in [-0.2, 0) is 0 Å². The molecule has 0 amide bonds. The zero-order valence-electron chi connectivity index (χ0n) is 8.28. The number of methoxy groups -OCH3 is 1. The fourth-order valence-corrected chi connectivity index (χ4v) is 1.01. The first kappa shape index (κ1) is 10.3. The highest BCUT2D eigenvalue weighted by atomic mass is 16.5. The molecule has 14 heavy (non-hydrogen) atoms. The molecule has 1 rings (SSSR count). The molecular weight excluding hydrogens is 178 g/mol. The zero-order chi connectivity index (χ0) is 10.4. The molecule has 0 fully saturated rings. The van der Waals surface area contributed by atoms with E-state index in [0.29, 0.717) is 5.56 Å². The van der Waals surface area contributed by atoms with Gasteiger partial charge in [-0.15, -0.1) is 0 Å². The van der Waals surface area contributed by atoms with Crippen LogP contribution in [0.5, 0.6) is 5.75 Å². The second kappa shape index (κ2) is 5.07. The molecule has 0 radical (unpaired) electrons. The molecule has 0 unspecified atom stereocenters. The Kier molecular flexibility index (Phi) is 3.73. The minimum Gasteiger partial charge on any atom is -0.497 e. The number of carbonyl (C=O) groups is 1. The standard InChI is InChI=1S/C11H13NO2/c1-12-8-7-11(13)9-3-5-10(14-2)6-4-9/h3-8,12H,1-2H3/b8-7-. The van der Waals surface area contributed by atoms with Crippen molar-refractivity contribution in [2.24, 2.45) is 0 Å². The van der Waals surface area contributed by atoms with Crippen molar-refractivity contribution in [1.29, 1.82) is 0 Å². The number of benzene rings is 1. The van der Waals surface area contributed by atoms with Crippen LogP contribution in [0, 0.1) is 0 Å². The Morgan fingerprint density at radius 3 is 2.50 bits per heavy atom. The van der Waals surface area contributed by atoms with E-state index >= 15 is 0 Å². The van der Waals surface area contributed by atoms with Crippen molar-refractivity contribution < 1.29 is 9.53 Å². The van der Waals surface area contributed by atoms with E-state index in [1.54, 1.807) is 44.6 Å². The van der Waals surface area contributed by atoms with Gasteiger partial charge < -0.3 is 10.1 Å². The zero-order valence-corrected chi connectivity index (χ0v) is 8.28. The fourth-order valence-electron chi connectivity index (χ4n) is 1.01. The van der Waals surface area contributed by atoms with E-state index in [2.05, 4.69) is 5.32 Å². The third-order valence-corrected chi connectivity index (χ3v) is 1.78. The lowest BCUT2D eigenvalue weighted by atomic mass is 10.1. The quantitative estimate of drug-likeness (QED) is 0.580. The molecule has 74 valence electrons. The van der Waals surface area contributed by atoms with Gasteiger partial charge in [0.2, 0.25) is 0 Å². The summed E-state index contributed by atoms with van der Waals surface area (Å²) < 4.78 is 4.99. The van der Waals surface area contributed by atoms with Gasteiger partial charge in [0.25, 0.3) is 0 Å². The largest absolute Gasteiger partial charge is 0.497 e. The van der Waals surface area contributed by atoms with Crippen molar-refractivity contribution >= 4 is 5.78 Å². The third-order valence-electron chi connectivity index (χ3n) is 1.78. The van der Waals surface area contributed by atoms with Gasteiger partial charge in [0.1, 0.15) is 5.75 Å². The number of hydrogen-bond donors (Lipinski definition) is 1. The summed E-state index contributed by atoms with van der Waals surface area (Å²) in [5.74, 6) is 0.723. The van der Waals surface area contributed by atoms with Crippen LogP contribution in [0.1, 0.15) is 10.4 Å². The van der Waals surface area contributed by atoms with Crippen molar-refractivity contribution in [3.63, 3.8) is 0 Å². The van der Waals surface area contributed by atoms with Crippen LogP contribution in [0.25, 0.3) is 0 Å². The number of nitrogens with one attached hydrogen (secondary N) is 1. The molecule has 1 aromatic carbocycles. The third kappa shape index (κ3) is 2.62. The second-order valence-electron chi connectivity index (χ2n) is 2.71. The first-order valence-electron chi connectivity index (χ1n) is 4.30. The van der Waals surface area contributed by atoms with Crippen LogP contribution < -0.4 is 10.1 Å². The molecular formula is C11H13NO2. The molecule has 0 bridgehead atoms. The summed E-state index contributed by atoms with van der Waals surface area (Å²) in [7, 11) is 3.34. The van der Waals surface area contributed by atoms with E-state index in [9.17, 15) is 4.79 Å². The maximum absolute atomic E-state index is 11.4. The first-order valence-corrected chi connectivity index (χ1v) is 4.30.